The molecule has 3 rings (SSSR count). The van der Waals surface area contributed by atoms with E-state index in [0.717, 1.165) is 18.1 Å². The van der Waals surface area contributed by atoms with Crippen molar-refractivity contribution in [3.05, 3.63) is 12.2 Å². The van der Waals surface area contributed by atoms with Crippen molar-refractivity contribution >= 4 is 0 Å². The zero-order valence-electron chi connectivity index (χ0n) is 11.6. The average Bonchev–Trinajstić information content (AvgIpc) is 2.98. The molecule has 0 amide bonds. The molecular formula is C16H28N2. The highest BCUT2D eigenvalue weighted by Gasteiger charge is 2.35. The van der Waals surface area contributed by atoms with E-state index in [-0.39, 0.29) is 0 Å². The molecule has 0 bridgehead atoms. The molecule has 102 valence electrons. The van der Waals surface area contributed by atoms with Crippen molar-refractivity contribution in [1.29, 1.82) is 0 Å². The highest BCUT2D eigenvalue weighted by molar-refractivity contribution is 5.02. The fourth-order valence-corrected chi connectivity index (χ4v) is 4.12. The normalized spacial score (nSPS) is 40.6. The quantitative estimate of drug-likeness (QED) is 0.756. The van der Waals surface area contributed by atoms with E-state index in [1.165, 1.54) is 70.9 Å². The molecule has 3 atom stereocenters. The van der Waals surface area contributed by atoms with Crippen LogP contribution in [-0.2, 0) is 0 Å². The lowest BCUT2D eigenvalue weighted by Gasteiger charge is -2.35. The van der Waals surface area contributed by atoms with Gasteiger partial charge in [-0.25, -0.2) is 0 Å². The Hall–Kier alpha value is -0.340. The minimum atomic E-state index is 0.736. The maximum atomic E-state index is 3.73. The van der Waals surface area contributed by atoms with Crippen molar-refractivity contribution in [3.8, 4) is 0 Å². The highest BCUT2D eigenvalue weighted by Crippen LogP contribution is 2.29. The lowest BCUT2D eigenvalue weighted by molar-refractivity contribution is 0.169. The smallest absolute Gasteiger partial charge is 0.0281 e. The van der Waals surface area contributed by atoms with Gasteiger partial charge in [-0.2, -0.15) is 0 Å². The largest absolute Gasteiger partial charge is 0.312 e. The van der Waals surface area contributed by atoms with E-state index in [1.54, 1.807) is 0 Å². The zero-order chi connectivity index (χ0) is 12.2. The van der Waals surface area contributed by atoms with Gasteiger partial charge in [-0.3, -0.25) is 4.90 Å². The third-order valence-corrected chi connectivity index (χ3v) is 5.06. The molecule has 1 aliphatic carbocycles. The van der Waals surface area contributed by atoms with Gasteiger partial charge in [0.05, 0.1) is 0 Å². The Morgan fingerprint density at radius 1 is 0.944 bits per heavy atom. The zero-order valence-corrected chi connectivity index (χ0v) is 11.6. The lowest BCUT2D eigenvalue weighted by atomic mass is 9.98. The molecule has 0 saturated carbocycles. The van der Waals surface area contributed by atoms with E-state index in [9.17, 15) is 0 Å². The van der Waals surface area contributed by atoms with Gasteiger partial charge in [-0.05, 0) is 58.0 Å². The minimum absolute atomic E-state index is 0.736. The summed E-state index contributed by atoms with van der Waals surface area (Å²) in [5.74, 6) is 0. The maximum Gasteiger partial charge on any atom is 0.0281 e. The van der Waals surface area contributed by atoms with E-state index in [0.29, 0.717) is 0 Å². The molecule has 0 radical (unpaired) electrons. The number of likely N-dealkylation sites (tertiary alicyclic amines) is 1. The van der Waals surface area contributed by atoms with Gasteiger partial charge in [-0.1, -0.05) is 25.0 Å². The number of hydrogen-bond donors (Lipinski definition) is 1. The maximum absolute atomic E-state index is 3.73. The summed E-state index contributed by atoms with van der Waals surface area (Å²) in [5.41, 5.74) is 0. The Bertz CT molecular complexity index is 281. The van der Waals surface area contributed by atoms with Crippen molar-refractivity contribution in [2.45, 2.75) is 75.9 Å². The summed E-state index contributed by atoms with van der Waals surface area (Å²) in [7, 11) is 0. The van der Waals surface area contributed by atoms with Gasteiger partial charge < -0.3 is 5.32 Å². The van der Waals surface area contributed by atoms with Gasteiger partial charge in [0.25, 0.3) is 0 Å². The van der Waals surface area contributed by atoms with Gasteiger partial charge >= 0.3 is 0 Å². The second kappa shape index (κ2) is 6.21. The fraction of sp³-hybridized carbons (Fsp3) is 0.875. The van der Waals surface area contributed by atoms with Crippen molar-refractivity contribution in [2.24, 2.45) is 0 Å². The molecule has 2 nitrogen and oxygen atoms in total. The first-order chi connectivity index (χ1) is 8.95. The van der Waals surface area contributed by atoms with Crippen LogP contribution in [0, 0.1) is 0 Å². The first-order valence-corrected chi connectivity index (χ1v) is 8.11. The van der Waals surface area contributed by atoms with Crippen LogP contribution in [0.3, 0.4) is 0 Å². The van der Waals surface area contributed by atoms with Crippen LogP contribution < -0.4 is 5.32 Å². The van der Waals surface area contributed by atoms with Crippen LogP contribution >= 0.6 is 0 Å². The summed E-state index contributed by atoms with van der Waals surface area (Å²) < 4.78 is 0. The summed E-state index contributed by atoms with van der Waals surface area (Å²) in [6.07, 6.45) is 17.5. The van der Waals surface area contributed by atoms with E-state index >= 15 is 0 Å². The van der Waals surface area contributed by atoms with Crippen molar-refractivity contribution < 1.29 is 0 Å². The molecule has 0 aromatic rings. The Balaban J connectivity index is 1.66. The monoisotopic (exact) mass is 248 g/mol. The van der Waals surface area contributed by atoms with Crippen molar-refractivity contribution in [1.82, 2.24) is 10.2 Å². The molecule has 2 heterocycles. The van der Waals surface area contributed by atoms with Gasteiger partial charge in [-0.15, -0.1) is 0 Å². The Morgan fingerprint density at radius 3 is 2.83 bits per heavy atom. The van der Waals surface area contributed by atoms with Gasteiger partial charge in [0.1, 0.15) is 0 Å². The molecule has 2 fully saturated rings. The van der Waals surface area contributed by atoms with E-state index in [4.69, 9.17) is 0 Å². The highest BCUT2D eigenvalue weighted by atomic mass is 15.2. The predicted molar refractivity (Wildman–Crippen MR) is 76.8 cm³/mol. The summed E-state index contributed by atoms with van der Waals surface area (Å²) >= 11 is 0. The van der Waals surface area contributed by atoms with E-state index in [1.807, 2.05) is 0 Å². The second-order valence-corrected chi connectivity index (χ2v) is 6.28. The molecule has 3 aliphatic rings. The summed E-state index contributed by atoms with van der Waals surface area (Å²) in [4.78, 5) is 2.82. The fourth-order valence-electron chi connectivity index (χ4n) is 4.12. The molecule has 0 aromatic heterocycles. The van der Waals surface area contributed by atoms with Crippen LogP contribution in [0.25, 0.3) is 0 Å². The van der Waals surface area contributed by atoms with E-state index in [2.05, 4.69) is 22.4 Å². The SMILES string of the molecule is C1=C/C(N2CCCC2C2CCCN2)CCCCC/1. The summed E-state index contributed by atoms with van der Waals surface area (Å²) in [5, 5.41) is 3.73. The number of nitrogens with one attached hydrogen (secondary N) is 1. The Kier molecular flexibility index (Phi) is 4.37. The molecule has 2 heteroatoms. The van der Waals surface area contributed by atoms with Crippen LogP contribution in [0.1, 0.15) is 57.8 Å². The lowest BCUT2D eigenvalue weighted by Crippen LogP contribution is -2.47. The number of rotatable bonds is 2. The molecule has 0 aromatic carbocycles. The number of allylic oxidation sites excluding steroid dienone is 1. The molecule has 2 saturated heterocycles. The predicted octanol–water partition coefficient (Wildman–Crippen LogP) is 3.09. The summed E-state index contributed by atoms with van der Waals surface area (Å²) in [6, 6.07) is 2.34. The number of hydrogen-bond acceptors (Lipinski definition) is 2. The van der Waals surface area contributed by atoms with Gasteiger partial charge in [0.2, 0.25) is 0 Å². The molecule has 0 spiro atoms. The van der Waals surface area contributed by atoms with Crippen LogP contribution in [0.2, 0.25) is 0 Å². The first kappa shape index (κ1) is 12.7. The third kappa shape index (κ3) is 2.80. The van der Waals surface area contributed by atoms with Crippen LogP contribution in [0.5, 0.6) is 0 Å². The minimum Gasteiger partial charge on any atom is -0.312 e. The van der Waals surface area contributed by atoms with Crippen LogP contribution in [0.15, 0.2) is 12.2 Å². The van der Waals surface area contributed by atoms with Crippen LogP contribution in [0.4, 0.5) is 0 Å². The standard InChI is InChI=1S/C16H28N2/c1-2-4-8-14(9-5-3-1)18-13-7-11-16(18)15-10-6-12-17-15/h4,8,14-17H,1-3,5-7,9-13H2/b8-4+. The van der Waals surface area contributed by atoms with Gasteiger partial charge in [0.15, 0.2) is 0 Å². The molecule has 18 heavy (non-hydrogen) atoms. The number of nitrogens with zero attached hydrogens (tertiary/aromatic N) is 1. The molecule has 1 N–H and O–H groups in total. The van der Waals surface area contributed by atoms with E-state index < -0.39 is 0 Å². The van der Waals surface area contributed by atoms with Gasteiger partial charge in [0, 0.05) is 18.1 Å². The average molecular weight is 248 g/mol. The topological polar surface area (TPSA) is 15.3 Å². The Labute approximate surface area is 112 Å². The third-order valence-electron chi connectivity index (χ3n) is 5.06. The van der Waals surface area contributed by atoms with Crippen molar-refractivity contribution in [3.63, 3.8) is 0 Å². The van der Waals surface area contributed by atoms with Crippen LogP contribution in [-0.4, -0.2) is 36.1 Å². The van der Waals surface area contributed by atoms with Crippen molar-refractivity contribution in [2.75, 3.05) is 13.1 Å². The Morgan fingerprint density at radius 2 is 1.94 bits per heavy atom. The molecule has 2 aliphatic heterocycles. The molecule has 3 unspecified atom stereocenters. The first-order valence-electron chi connectivity index (χ1n) is 8.11. The second-order valence-electron chi connectivity index (χ2n) is 6.28. The summed E-state index contributed by atoms with van der Waals surface area (Å²) in [6.45, 7) is 2.58. The molecular weight excluding hydrogens is 220 g/mol.